The number of rotatable bonds is 6. The second kappa shape index (κ2) is 6.62. The van der Waals surface area contributed by atoms with Crippen molar-refractivity contribution in [3.05, 3.63) is 0 Å². The molecule has 0 bridgehead atoms. The number of carboxylic acids is 1. The fourth-order valence-corrected chi connectivity index (χ4v) is 2.07. The Morgan fingerprint density at radius 2 is 2.19 bits per heavy atom. The number of carbonyl (C=O) groups is 2. The van der Waals surface area contributed by atoms with E-state index in [4.69, 9.17) is 5.11 Å². The molecule has 2 N–H and O–H groups in total. The number of nitrogens with zero attached hydrogens (tertiary/aromatic N) is 1. The minimum Gasteiger partial charge on any atom is -0.481 e. The van der Waals surface area contributed by atoms with Crippen LogP contribution in [0.4, 0.5) is 4.79 Å². The van der Waals surface area contributed by atoms with E-state index in [0.29, 0.717) is 19.6 Å². The second-order valence-corrected chi connectivity index (χ2v) is 4.93. The summed E-state index contributed by atoms with van der Waals surface area (Å²) in [6.07, 6.45) is 3.17. The fraction of sp³-hybridized carbons (Fsp3) is 0.800. The minimum atomic E-state index is -0.787. The van der Waals surface area contributed by atoms with Crippen molar-refractivity contribution in [1.29, 1.82) is 0 Å². The maximum atomic E-state index is 11.5. The molecule has 0 unspecified atom stereocenters. The molecule has 16 heavy (non-hydrogen) atoms. The molecule has 0 radical (unpaired) electrons. The molecule has 5 nitrogen and oxygen atoms in total. The summed E-state index contributed by atoms with van der Waals surface area (Å²) in [5.74, 6) is 0.390. The number of aliphatic carboxylic acids is 1. The number of urea groups is 1. The Morgan fingerprint density at radius 3 is 2.75 bits per heavy atom. The molecule has 2 amide bonds. The predicted molar refractivity (Wildman–Crippen MR) is 63.7 cm³/mol. The lowest BCUT2D eigenvalue weighted by Gasteiger charge is -2.38. The number of amides is 2. The maximum Gasteiger partial charge on any atom is 0.317 e. The monoisotopic (exact) mass is 246 g/mol. The number of likely N-dealkylation sites (tertiary alicyclic amines) is 1. The van der Waals surface area contributed by atoms with Gasteiger partial charge in [-0.1, -0.05) is 0 Å². The lowest BCUT2D eigenvalue weighted by atomic mass is 9.97. The van der Waals surface area contributed by atoms with Gasteiger partial charge in [-0.3, -0.25) is 4.79 Å². The first kappa shape index (κ1) is 13.2. The average Bonchev–Trinajstić information content (AvgIpc) is 2.17. The average molecular weight is 246 g/mol. The number of hydrogen-bond acceptors (Lipinski definition) is 3. The molecule has 1 rings (SSSR count). The molecule has 0 saturated carbocycles. The van der Waals surface area contributed by atoms with Crippen LogP contribution in [0.25, 0.3) is 0 Å². The molecule has 0 aromatic heterocycles. The van der Waals surface area contributed by atoms with Crippen LogP contribution in [0.5, 0.6) is 0 Å². The summed E-state index contributed by atoms with van der Waals surface area (Å²) in [5.41, 5.74) is 0. The largest absolute Gasteiger partial charge is 0.481 e. The smallest absolute Gasteiger partial charge is 0.317 e. The van der Waals surface area contributed by atoms with E-state index in [-0.39, 0.29) is 18.4 Å². The van der Waals surface area contributed by atoms with Crippen LogP contribution in [0.15, 0.2) is 0 Å². The van der Waals surface area contributed by atoms with E-state index in [1.54, 1.807) is 16.7 Å². The Bertz CT molecular complexity index is 254. The highest BCUT2D eigenvalue weighted by molar-refractivity contribution is 7.98. The SMILES string of the molecule is CSCCCNC(=O)N1CC(CC(=O)O)C1. The highest BCUT2D eigenvalue weighted by Crippen LogP contribution is 2.18. The van der Waals surface area contributed by atoms with Crippen molar-refractivity contribution in [2.75, 3.05) is 31.6 Å². The summed E-state index contributed by atoms with van der Waals surface area (Å²) in [7, 11) is 0. The molecule has 0 atom stereocenters. The van der Waals surface area contributed by atoms with Gasteiger partial charge in [-0.05, 0) is 18.4 Å². The normalized spacial score (nSPS) is 15.7. The van der Waals surface area contributed by atoms with Gasteiger partial charge in [0.25, 0.3) is 0 Å². The van der Waals surface area contributed by atoms with E-state index < -0.39 is 5.97 Å². The van der Waals surface area contributed by atoms with Gasteiger partial charge in [0.15, 0.2) is 0 Å². The van der Waals surface area contributed by atoms with Gasteiger partial charge < -0.3 is 15.3 Å². The molecule has 0 aromatic rings. The van der Waals surface area contributed by atoms with Crippen molar-refractivity contribution in [3.63, 3.8) is 0 Å². The van der Waals surface area contributed by atoms with E-state index in [1.165, 1.54) is 0 Å². The van der Waals surface area contributed by atoms with E-state index in [2.05, 4.69) is 5.32 Å². The van der Waals surface area contributed by atoms with E-state index in [0.717, 1.165) is 12.2 Å². The molecule has 1 aliphatic rings. The first-order valence-corrected chi connectivity index (χ1v) is 6.76. The predicted octanol–water partition coefficient (Wildman–Crippen LogP) is 0.856. The van der Waals surface area contributed by atoms with Crippen LogP contribution in [0.3, 0.4) is 0 Å². The Morgan fingerprint density at radius 1 is 1.50 bits per heavy atom. The van der Waals surface area contributed by atoms with Crippen LogP contribution in [-0.2, 0) is 4.79 Å². The van der Waals surface area contributed by atoms with E-state index in [9.17, 15) is 9.59 Å². The van der Waals surface area contributed by atoms with Gasteiger partial charge >= 0.3 is 12.0 Å². The maximum absolute atomic E-state index is 11.5. The van der Waals surface area contributed by atoms with Gasteiger partial charge in [0.1, 0.15) is 0 Å². The van der Waals surface area contributed by atoms with Crippen molar-refractivity contribution < 1.29 is 14.7 Å². The number of carboxylic acid groups (broad SMARTS) is 1. The van der Waals surface area contributed by atoms with Crippen LogP contribution in [0.1, 0.15) is 12.8 Å². The Hall–Kier alpha value is -0.910. The van der Waals surface area contributed by atoms with Crippen LogP contribution < -0.4 is 5.32 Å². The number of hydrogen-bond donors (Lipinski definition) is 2. The third kappa shape index (κ3) is 4.30. The Balaban J connectivity index is 2.05. The van der Waals surface area contributed by atoms with Gasteiger partial charge in [0.2, 0.25) is 0 Å². The molecule has 1 fully saturated rings. The zero-order valence-electron chi connectivity index (χ0n) is 9.44. The topological polar surface area (TPSA) is 69.6 Å². The van der Waals surface area contributed by atoms with Gasteiger partial charge in [-0.25, -0.2) is 4.79 Å². The number of carbonyl (C=O) groups excluding carboxylic acids is 1. The summed E-state index contributed by atoms with van der Waals surface area (Å²) in [6.45, 7) is 1.83. The van der Waals surface area contributed by atoms with Crippen LogP contribution >= 0.6 is 11.8 Å². The third-order valence-corrected chi connectivity index (χ3v) is 3.21. The first-order chi connectivity index (χ1) is 7.63. The first-order valence-electron chi connectivity index (χ1n) is 5.37. The minimum absolute atomic E-state index is 0.0669. The van der Waals surface area contributed by atoms with Crippen molar-refractivity contribution in [1.82, 2.24) is 10.2 Å². The van der Waals surface area contributed by atoms with E-state index >= 15 is 0 Å². The fourth-order valence-electron chi connectivity index (χ4n) is 1.64. The number of thioether (sulfide) groups is 1. The molecule has 0 aromatic carbocycles. The molecule has 6 heteroatoms. The molecular formula is C10H18N2O3S. The molecule has 1 heterocycles. The second-order valence-electron chi connectivity index (χ2n) is 3.95. The Kier molecular flexibility index (Phi) is 5.45. The quantitative estimate of drug-likeness (QED) is 0.682. The highest BCUT2D eigenvalue weighted by atomic mass is 32.2. The molecular weight excluding hydrogens is 228 g/mol. The van der Waals surface area contributed by atoms with Crippen LogP contribution in [-0.4, -0.2) is 53.6 Å². The van der Waals surface area contributed by atoms with Gasteiger partial charge in [0.05, 0.1) is 6.42 Å². The zero-order chi connectivity index (χ0) is 12.0. The lowest BCUT2D eigenvalue weighted by Crippen LogP contribution is -2.54. The van der Waals surface area contributed by atoms with Gasteiger partial charge in [-0.2, -0.15) is 11.8 Å². The summed E-state index contributed by atoms with van der Waals surface area (Å²) >= 11 is 1.76. The van der Waals surface area contributed by atoms with Crippen molar-refractivity contribution >= 4 is 23.8 Å². The van der Waals surface area contributed by atoms with Gasteiger partial charge in [0, 0.05) is 25.6 Å². The molecule has 0 spiro atoms. The molecule has 92 valence electrons. The lowest BCUT2D eigenvalue weighted by molar-refractivity contribution is -0.139. The highest BCUT2D eigenvalue weighted by Gasteiger charge is 2.31. The third-order valence-electron chi connectivity index (χ3n) is 2.51. The Labute approximate surface area is 99.6 Å². The number of nitrogens with one attached hydrogen (secondary N) is 1. The molecule has 0 aliphatic carbocycles. The van der Waals surface area contributed by atoms with Crippen LogP contribution in [0, 0.1) is 5.92 Å². The van der Waals surface area contributed by atoms with Crippen molar-refractivity contribution in [3.8, 4) is 0 Å². The van der Waals surface area contributed by atoms with Gasteiger partial charge in [-0.15, -0.1) is 0 Å². The standard InChI is InChI=1S/C10H18N2O3S/c1-16-4-2-3-11-10(15)12-6-8(7-12)5-9(13)14/h8H,2-7H2,1H3,(H,11,15)(H,13,14). The van der Waals surface area contributed by atoms with Crippen LogP contribution in [0.2, 0.25) is 0 Å². The molecule has 1 saturated heterocycles. The van der Waals surface area contributed by atoms with Crippen molar-refractivity contribution in [2.24, 2.45) is 5.92 Å². The zero-order valence-corrected chi connectivity index (χ0v) is 10.3. The molecule has 1 aliphatic heterocycles. The van der Waals surface area contributed by atoms with E-state index in [1.807, 2.05) is 6.26 Å². The summed E-state index contributed by atoms with van der Waals surface area (Å²) < 4.78 is 0. The van der Waals surface area contributed by atoms with Crippen molar-refractivity contribution in [2.45, 2.75) is 12.8 Å². The summed E-state index contributed by atoms with van der Waals surface area (Å²) in [6, 6.07) is -0.0669. The summed E-state index contributed by atoms with van der Waals surface area (Å²) in [5, 5.41) is 11.4. The summed E-state index contributed by atoms with van der Waals surface area (Å²) in [4.78, 5) is 23.5.